The van der Waals surface area contributed by atoms with E-state index in [0.717, 1.165) is 25.7 Å². The lowest BCUT2D eigenvalue weighted by Crippen LogP contribution is -2.45. The molecule has 0 unspecified atom stereocenters. The number of hydrogen-bond acceptors (Lipinski definition) is 5. The number of carbonyl (C=O) groups is 2. The largest absolute Gasteiger partial charge is 0.504 e. The molecule has 27 heavy (non-hydrogen) atoms. The number of rotatable bonds is 4. The molecule has 2 amide bonds. The number of carbonyl (C=O) groups excluding carboxylic acids is 2. The molecule has 1 fully saturated rings. The summed E-state index contributed by atoms with van der Waals surface area (Å²) in [6.07, 6.45) is 3.82. The zero-order chi connectivity index (χ0) is 19.6. The Morgan fingerprint density at radius 2 is 2.07 bits per heavy atom. The third-order valence-corrected chi connectivity index (χ3v) is 5.19. The number of hydrogen-bond donors (Lipinski definition) is 3. The van der Waals surface area contributed by atoms with Crippen molar-refractivity contribution in [3.63, 3.8) is 0 Å². The van der Waals surface area contributed by atoms with E-state index >= 15 is 0 Å². The van der Waals surface area contributed by atoms with Gasteiger partial charge in [0.25, 0.3) is 0 Å². The van der Waals surface area contributed by atoms with Gasteiger partial charge in [0.2, 0.25) is 0 Å². The standard InChI is InChI=1S/C20H26N2O5/c1-11-5-4-6-14(9-11)27-19(24)17-12(2)21-20(25)22-18(17)13-7-8-15(23)16(10-13)26-3/h7-8,10-11,14,18,23H,4-6,9H2,1-3H3,(H2,21,22,25)/t11-,14-,18-/m0/s1. The summed E-state index contributed by atoms with van der Waals surface area (Å²) in [7, 11) is 1.44. The molecule has 3 atom stereocenters. The average molecular weight is 374 g/mol. The van der Waals surface area contributed by atoms with Gasteiger partial charge in [-0.25, -0.2) is 9.59 Å². The Morgan fingerprint density at radius 3 is 2.78 bits per heavy atom. The molecule has 7 heteroatoms. The first-order valence-electron chi connectivity index (χ1n) is 9.25. The lowest BCUT2D eigenvalue weighted by atomic mass is 9.88. The third-order valence-electron chi connectivity index (χ3n) is 5.19. The maximum absolute atomic E-state index is 12.9. The number of aromatic hydroxyl groups is 1. The van der Waals surface area contributed by atoms with Gasteiger partial charge in [0, 0.05) is 5.70 Å². The van der Waals surface area contributed by atoms with E-state index in [0.29, 0.717) is 22.8 Å². The highest BCUT2D eigenvalue weighted by Gasteiger charge is 2.34. The van der Waals surface area contributed by atoms with Crippen LogP contribution in [0.15, 0.2) is 29.5 Å². The molecule has 0 spiro atoms. The van der Waals surface area contributed by atoms with Crippen molar-refractivity contribution >= 4 is 12.0 Å². The number of ether oxygens (including phenoxy) is 2. The fourth-order valence-electron chi connectivity index (χ4n) is 3.79. The van der Waals surface area contributed by atoms with Crippen molar-refractivity contribution in [1.29, 1.82) is 0 Å². The molecule has 1 saturated carbocycles. The maximum atomic E-state index is 12.9. The van der Waals surface area contributed by atoms with Gasteiger partial charge in [0.05, 0.1) is 18.7 Å². The summed E-state index contributed by atoms with van der Waals surface area (Å²) < 4.78 is 10.9. The van der Waals surface area contributed by atoms with Crippen molar-refractivity contribution in [3.8, 4) is 11.5 Å². The zero-order valence-corrected chi connectivity index (χ0v) is 15.9. The quantitative estimate of drug-likeness (QED) is 0.704. The third kappa shape index (κ3) is 4.18. The van der Waals surface area contributed by atoms with E-state index < -0.39 is 18.0 Å². The number of urea groups is 1. The van der Waals surface area contributed by atoms with Gasteiger partial charge in [0.1, 0.15) is 6.10 Å². The van der Waals surface area contributed by atoms with Crippen LogP contribution in [-0.4, -0.2) is 30.3 Å². The van der Waals surface area contributed by atoms with Crippen LogP contribution < -0.4 is 15.4 Å². The molecule has 0 radical (unpaired) electrons. The summed E-state index contributed by atoms with van der Waals surface area (Å²) in [5.41, 5.74) is 1.45. The first kappa shape index (κ1) is 19.1. The number of esters is 1. The van der Waals surface area contributed by atoms with Crippen LogP contribution in [0.1, 0.15) is 51.1 Å². The Labute approximate surface area is 158 Å². The number of amides is 2. The van der Waals surface area contributed by atoms with Crippen LogP contribution in [0.3, 0.4) is 0 Å². The molecule has 0 aromatic heterocycles. The maximum Gasteiger partial charge on any atom is 0.338 e. The molecule has 0 saturated heterocycles. The van der Waals surface area contributed by atoms with Crippen molar-refractivity contribution in [2.24, 2.45) is 5.92 Å². The van der Waals surface area contributed by atoms with Gasteiger partial charge in [-0.2, -0.15) is 0 Å². The van der Waals surface area contributed by atoms with Crippen LogP contribution in [0.25, 0.3) is 0 Å². The van der Waals surface area contributed by atoms with Gasteiger partial charge in [-0.1, -0.05) is 19.4 Å². The van der Waals surface area contributed by atoms with Crippen LogP contribution >= 0.6 is 0 Å². The Kier molecular flexibility index (Phi) is 5.58. The summed E-state index contributed by atoms with van der Waals surface area (Å²) in [5, 5.41) is 15.2. The molecular weight excluding hydrogens is 348 g/mol. The number of nitrogens with one attached hydrogen (secondary N) is 2. The molecule has 0 bridgehead atoms. The normalized spacial score (nSPS) is 25.4. The molecule has 1 aliphatic heterocycles. The van der Waals surface area contributed by atoms with Crippen molar-refractivity contribution in [2.45, 2.75) is 51.7 Å². The Balaban J connectivity index is 1.88. The summed E-state index contributed by atoms with van der Waals surface area (Å²) in [4.78, 5) is 24.9. The summed E-state index contributed by atoms with van der Waals surface area (Å²) >= 11 is 0. The van der Waals surface area contributed by atoms with E-state index in [1.165, 1.54) is 13.2 Å². The SMILES string of the molecule is COc1cc([C@@H]2NC(=O)NC(C)=C2C(=O)O[C@H]2CCC[C@H](C)C2)ccc1O. The topological polar surface area (TPSA) is 96.9 Å². The number of phenols is 1. The fourth-order valence-corrected chi connectivity index (χ4v) is 3.79. The Morgan fingerprint density at radius 1 is 1.30 bits per heavy atom. The second-order valence-corrected chi connectivity index (χ2v) is 7.30. The van der Waals surface area contributed by atoms with Gasteiger partial charge in [0.15, 0.2) is 11.5 Å². The predicted molar refractivity (Wildman–Crippen MR) is 99.3 cm³/mol. The molecule has 3 N–H and O–H groups in total. The van der Waals surface area contributed by atoms with Crippen LogP contribution in [-0.2, 0) is 9.53 Å². The molecule has 7 nitrogen and oxygen atoms in total. The Bertz CT molecular complexity index is 774. The lowest BCUT2D eigenvalue weighted by molar-refractivity contribution is -0.146. The van der Waals surface area contributed by atoms with E-state index in [1.54, 1.807) is 19.1 Å². The Hall–Kier alpha value is -2.70. The summed E-state index contributed by atoms with van der Waals surface area (Å²) in [6.45, 7) is 3.85. The molecule has 1 aliphatic carbocycles. The zero-order valence-electron chi connectivity index (χ0n) is 15.9. The first-order chi connectivity index (χ1) is 12.9. The monoisotopic (exact) mass is 374 g/mol. The molecule has 3 rings (SSSR count). The van der Waals surface area contributed by atoms with E-state index in [2.05, 4.69) is 17.6 Å². The minimum absolute atomic E-state index is 0.0115. The minimum Gasteiger partial charge on any atom is -0.504 e. The minimum atomic E-state index is -0.679. The molecule has 1 aromatic rings. The lowest BCUT2D eigenvalue weighted by Gasteiger charge is -2.31. The van der Waals surface area contributed by atoms with Crippen molar-refractivity contribution in [2.75, 3.05) is 7.11 Å². The van der Waals surface area contributed by atoms with Crippen LogP contribution in [0, 0.1) is 5.92 Å². The predicted octanol–water partition coefficient (Wildman–Crippen LogP) is 3.15. The molecular formula is C20H26N2O5. The smallest absolute Gasteiger partial charge is 0.338 e. The van der Waals surface area contributed by atoms with Gasteiger partial charge < -0.3 is 25.2 Å². The van der Waals surface area contributed by atoms with Crippen molar-refractivity contribution < 1.29 is 24.2 Å². The van der Waals surface area contributed by atoms with Gasteiger partial charge >= 0.3 is 12.0 Å². The highest BCUT2D eigenvalue weighted by molar-refractivity contribution is 5.95. The highest BCUT2D eigenvalue weighted by atomic mass is 16.5. The fraction of sp³-hybridized carbons (Fsp3) is 0.500. The van der Waals surface area contributed by atoms with Crippen LogP contribution in [0.2, 0.25) is 0 Å². The van der Waals surface area contributed by atoms with Crippen molar-refractivity contribution in [3.05, 3.63) is 35.0 Å². The second-order valence-electron chi connectivity index (χ2n) is 7.30. The van der Waals surface area contributed by atoms with Crippen LogP contribution in [0.4, 0.5) is 4.79 Å². The number of methoxy groups -OCH3 is 1. The van der Waals surface area contributed by atoms with E-state index in [-0.39, 0.29) is 17.6 Å². The van der Waals surface area contributed by atoms with Gasteiger partial charge in [-0.05, 0) is 49.8 Å². The summed E-state index contributed by atoms with van der Waals surface area (Å²) in [6, 6.07) is 3.66. The number of benzene rings is 1. The van der Waals surface area contributed by atoms with Crippen molar-refractivity contribution in [1.82, 2.24) is 10.6 Å². The van der Waals surface area contributed by atoms with E-state index in [9.17, 15) is 14.7 Å². The van der Waals surface area contributed by atoms with E-state index in [1.807, 2.05) is 0 Å². The second kappa shape index (κ2) is 7.90. The van der Waals surface area contributed by atoms with Crippen LogP contribution in [0.5, 0.6) is 11.5 Å². The number of allylic oxidation sites excluding steroid dienone is 1. The molecule has 1 heterocycles. The van der Waals surface area contributed by atoms with E-state index in [4.69, 9.17) is 9.47 Å². The summed E-state index contributed by atoms with van der Waals surface area (Å²) in [5.74, 6) is 0.360. The highest BCUT2D eigenvalue weighted by Crippen LogP contribution is 2.34. The average Bonchev–Trinajstić information content (AvgIpc) is 2.61. The van der Waals surface area contributed by atoms with Gasteiger partial charge in [-0.3, -0.25) is 0 Å². The molecule has 1 aromatic carbocycles. The molecule has 146 valence electrons. The number of phenolic OH excluding ortho intramolecular Hbond substituents is 1. The van der Waals surface area contributed by atoms with Gasteiger partial charge in [-0.15, -0.1) is 0 Å². The molecule has 2 aliphatic rings. The first-order valence-corrected chi connectivity index (χ1v) is 9.25.